The van der Waals surface area contributed by atoms with Crippen LogP contribution < -0.4 is 0 Å². The number of rotatable bonds is 2. The van der Waals surface area contributed by atoms with Gasteiger partial charge in [0.2, 0.25) is 0 Å². The SMILES string of the molecule is N#C[C@]1(c2ccc(F)cc2)CC[C@](O)(c2ccc(F)cn2)CC1. The van der Waals surface area contributed by atoms with Gasteiger partial charge in [-0.05, 0) is 55.5 Å². The van der Waals surface area contributed by atoms with Crippen LogP contribution in [0.5, 0.6) is 0 Å². The molecule has 1 aliphatic carbocycles. The van der Waals surface area contributed by atoms with Gasteiger partial charge in [-0.2, -0.15) is 5.26 Å². The highest BCUT2D eigenvalue weighted by atomic mass is 19.1. The van der Waals surface area contributed by atoms with Crippen LogP contribution in [-0.4, -0.2) is 10.1 Å². The van der Waals surface area contributed by atoms with Gasteiger partial charge < -0.3 is 5.11 Å². The first-order valence-electron chi connectivity index (χ1n) is 7.49. The number of nitriles is 1. The summed E-state index contributed by atoms with van der Waals surface area (Å²) < 4.78 is 26.1. The molecule has 3 rings (SSSR count). The van der Waals surface area contributed by atoms with Crippen LogP contribution in [0.2, 0.25) is 0 Å². The van der Waals surface area contributed by atoms with Crippen LogP contribution in [-0.2, 0) is 11.0 Å². The minimum atomic E-state index is -1.16. The molecular weight excluding hydrogens is 298 g/mol. The van der Waals surface area contributed by atoms with E-state index in [9.17, 15) is 19.1 Å². The zero-order valence-corrected chi connectivity index (χ0v) is 12.5. The molecule has 1 saturated carbocycles. The summed E-state index contributed by atoms with van der Waals surface area (Å²) in [6, 6.07) is 11.0. The second-order valence-electron chi connectivity index (χ2n) is 6.09. The maximum Gasteiger partial charge on any atom is 0.141 e. The number of aromatic nitrogens is 1. The van der Waals surface area contributed by atoms with Crippen LogP contribution >= 0.6 is 0 Å². The van der Waals surface area contributed by atoms with Crippen molar-refractivity contribution in [2.45, 2.75) is 36.7 Å². The fourth-order valence-electron chi connectivity index (χ4n) is 3.23. The average Bonchev–Trinajstić information content (AvgIpc) is 2.57. The molecule has 0 radical (unpaired) electrons. The Morgan fingerprint density at radius 2 is 1.57 bits per heavy atom. The minimum absolute atomic E-state index is 0.343. The van der Waals surface area contributed by atoms with Crippen molar-refractivity contribution in [1.29, 1.82) is 5.26 Å². The van der Waals surface area contributed by atoms with Crippen LogP contribution in [0.1, 0.15) is 36.9 Å². The van der Waals surface area contributed by atoms with Gasteiger partial charge in [-0.15, -0.1) is 0 Å². The van der Waals surface area contributed by atoms with Crippen molar-refractivity contribution in [3.63, 3.8) is 0 Å². The van der Waals surface area contributed by atoms with Crippen molar-refractivity contribution < 1.29 is 13.9 Å². The van der Waals surface area contributed by atoms with E-state index in [2.05, 4.69) is 11.1 Å². The summed E-state index contributed by atoms with van der Waals surface area (Å²) in [6.45, 7) is 0. The van der Waals surface area contributed by atoms with E-state index in [4.69, 9.17) is 0 Å². The van der Waals surface area contributed by atoms with Crippen molar-refractivity contribution in [2.75, 3.05) is 0 Å². The molecule has 0 aliphatic heterocycles. The first-order chi connectivity index (χ1) is 11.0. The first-order valence-corrected chi connectivity index (χ1v) is 7.49. The highest BCUT2D eigenvalue weighted by Gasteiger charge is 2.44. The lowest BCUT2D eigenvalue weighted by molar-refractivity contribution is -0.0176. The monoisotopic (exact) mass is 314 g/mol. The van der Waals surface area contributed by atoms with Crippen LogP contribution in [0.3, 0.4) is 0 Å². The fourth-order valence-corrected chi connectivity index (χ4v) is 3.23. The number of hydrogen-bond donors (Lipinski definition) is 1. The standard InChI is InChI=1S/C18H16F2N2O/c19-14-3-1-13(2-4-14)17(12-21)7-9-18(23,10-8-17)16-6-5-15(20)11-22-16/h1-6,11,23H,7-10H2/t17-,18+. The maximum absolute atomic E-state index is 13.1. The van der Waals surface area contributed by atoms with E-state index < -0.39 is 16.8 Å². The molecule has 1 aromatic carbocycles. The number of benzene rings is 1. The highest BCUT2D eigenvalue weighted by molar-refractivity contribution is 5.34. The Hall–Kier alpha value is -2.32. The van der Waals surface area contributed by atoms with Crippen molar-refractivity contribution in [2.24, 2.45) is 0 Å². The van der Waals surface area contributed by atoms with Crippen LogP contribution in [0.25, 0.3) is 0 Å². The highest BCUT2D eigenvalue weighted by Crippen LogP contribution is 2.46. The van der Waals surface area contributed by atoms with Crippen LogP contribution in [0.15, 0.2) is 42.6 Å². The fraction of sp³-hybridized carbons (Fsp3) is 0.333. The molecule has 118 valence electrons. The lowest BCUT2D eigenvalue weighted by atomic mass is 9.65. The predicted molar refractivity (Wildman–Crippen MR) is 80.3 cm³/mol. The lowest BCUT2D eigenvalue weighted by Gasteiger charge is -2.40. The minimum Gasteiger partial charge on any atom is -0.384 e. The Labute approximate surface area is 133 Å². The molecule has 0 bridgehead atoms. The Bertz CT molecular complexity index is 727. The van der Waals surface area contributed by atoms with Gasteiger partial charge in [0, 0.05) is 0 Å². The molecule has 1 heterocycles. The Morgan fingerprint density at radius 1 is 0.957 bits per heavy atom. The second-order valence-corrected chi connectivity index (χ2v) is 6.09. The van der Waals surface area contributed by atoms with Crippen LogP contribution in [0.4, 0.5) is 8.78 Å². The summed E-state index contributed by atoms with van der Waals surface area (Å²) >= 11 is 0. The molecule has 3 nitrogen and oxygen atoms in total. The van der Waals surface area contributed by atoms with E-state index in [1.807, 2.05) is 0 Å². The molecule has 1 aliphatic rings. The molecule has 0 atom stereocenters. The first kappa shape index (κ1) is 15.6. The molecule has 2 aromatic rings. The molecule has 0 spiro atoms. The summed E-state index contributed by atoms with van der Waals surface area (Å²) in [7, 11) is 0. The third-order valence-electron chi connectivity index (χ3n) is 4.75. The number of pyridine rings is 1. The summed E-state index contributed by atoms with van der Waals surface area (Å²) in [4.78, 5) is 3.97. The van der Waals surface area contributed by atoms with E-state index in [1.54, 1.807) is 12.1 Å². The van der Waals surface area contributed by atoms with Gasteiger partial charge in [0.1, 0.15) is 17.2 Å². The number of halogens is 2. The van der Waals surface area contributed by atoms with E-state index in [0.29, 0.717) is 31.4 Å². The van der Waals surface area contributed by atoms with E-state index in [0.717, 1.165) is 11.8 Å². The number of aliphatic hydroxyl groups is 1. The molecule has 23 heavy (non-hydrogen) atoms. The summed E-state index contributed by atoms with van der Waals surface area (Å²) in [5, 5.41) is 20.4. The summed E-state index contributed by atoms with van der Waals surface area (Å²) in [6.07, 6.45) is 2.64. The zero-order chi connectivity index (χ0) is 16.5. The summed E-state index contributed by atoms with van der Waals surface area (Å²) in [5.41, 5.74) is -0.714. The van der Waals surface area contributed by atoms with Crippen LogP contribution in [0, 0.1) is 23.0 Å². The molecule has 0 amide bonds. The Kier molecular flexibility index (Phi) is 3.87. The van der Waals surface area contributed by atoms with Crippen molar-refractivity contribution >= 4 is 0 Å². The summed E-state index contributed by atoms with van der Waals surface area (Å²) in [5.74, 6) is -0.796. The smallest absolute Gasteiger partial charge is 0.141 e. The third-order valence-corrected chi connectivity index (χ3v) is 4.75. The van der Waals surface area contributed by atoms with Gasteiger partial charge in [0.25, 0.3) is 0 Å². The van der Waals surface area contributed by atoms with E-state index in [1.165, 1.54) is 24.3 Å². The van der Waals surface area contributed by atoms with Gasteiger partial charge in [-0.1, -0.05) is 12.1 Å². The Balaban J connectivity index is 1.84. The molecule has 5 heteroatoms. The maximum atomic E-state index is 13.1. The average molecular weight is 314 g/mol. The van der Waals surface area contributed by atoms with Gasteiger partial charge in [0.05, 0.1) is 23.4 Å². The number of nitrogens with zero attached hydrogens (tertiary/aromatic N) is 2. The second kappa shape index (κ2) is 5.71. The van der Waals surface area contributed by atoms with Crippen molar-refractivity contribution in [1.82, 2.24) is 4.98 Å². The normalized spacial score (nSPS) is 27.4. The van der Waals surface area contributed by atoms with Gasteiger partial charge in [-0.3, -0.25) is 4.98 Å². The Morgan fingerprint density at radius 3 is 2.09 bits per heavy atom. The van der Waals surface area contributed by atoms with Gasteiger partial charge >= 0.3 is 0 Å². The largest absolute Gasteiger partial charge is 0.384 e. The van der Waals surface area contributed by atoms with E-state index in [-0.39, 0.29) is 5.82 Å². The van der Waals surface area contributed by atoms with E-state index >= 15 is 0 Å². The molecule has 0 saturated heterocycles. The molecular formula is C18H16F2N2O. The molecule has 1 fully saturated rings. The molecule has 0 unspecified atom stereocenters. The van der Waals surface area contributed by atoms with Gasteiger partial charge in [0.15, 0.2) is 0 Å². The van der Waals surface area contributed by atoms with Gasteiger partial charge in [-0.25, -0.2) is 8.78 Å². The lowest BCUT2D eigenvalue weighted by Crippen LogP contribution is -2.39. The quantitative estimate of drug-likeness (QED) is 0.921. The zero-order valence-electron chi connectivity index (χ0n) is 12.5. The predicted octanol–water partition coefficient (Wildman–Crippen LogP) is 3.58. The molecule has 1 aromatic heterocycles. The van der Waals surface area contributed by atoms with Crippen molar-refractivity contribution in [3.05, 3.63) is 65.5 Å². The topological polar surface area (TPSA) is 56.9 Å². The number of hydrogen-bond acceptors (Lipinski definition) is 3. The van der Waals surface area contributed by atoms with Crippen molar-refractivity contribution in [3.8, 4) is 6.07 Å². The third kappa shape index (κ3) is 2.82. The molecule has 1 N–H and O–H groups in total.